The van der Waals surface area contributed by atoms with Crippen molar-refractivity contribution in [1.29, 1.82) is 0 Å². The number of rotatable bonds is 4. The molecule has 1 fully saturated rings. The number of aryl methyl sites for hydroxylation is 3. The summed E-state index contributed by atoms with van der Waals surface area (Å²) in [4.78, 5) is 16.6. The summed E-state index contributed by atoms with van der Waals surface area (Å²) in [5.74, 6) is 0.776. The van der Waals surface area contributed by atoms with E-state index in [4.69, 9.17) is 4.74 Å². The van der Waals surface area contributed by atoms with Gasteiger partial charge in [-0.3, -0.25) is 0 Å². The normalized spacial score (nSPS) is 14.2. The molecule has 144 valence electrons. The fourth-order valence-corrected chi connectivity index (χ4v) is 3.33. The van der Waals surface area contributed by atoms with E-state index in [0.717, 1.165) is 18.8 Å². The predicted molar refractivity (Wildman–Crippen MR) is 110 cm³/mol. The third-order valence-electron chi connectivity index (χ3n) is 5.42. The van der Waals surface area contributed by atoms with E-state index >= 15 is 0 Å². The van der Waals surface area contributed by atoms with E-state index in [9.17, 15) is 4.79 Å². The largest absolute Gasteiger partial charge is 0.473 e. The van der Waals surface area contributed by atoms with Gasteiger partial charge in [0.1, 0.15) is 5.75 Å². The molecule has 0 bridgehead atoms. The topological polar surface area (TPSA) is 44.8 Å². The first-order chi connectivity index (χ1) is 13.0. The molecule has 0 unspecified atom stereocenters. The standard InChI is InChI=1S/C22H29N3O2/c1-16-8-9-20(14-18(16)3)27-15-23-22(26)25-12-10-24(11-13-25)21-7-5-6-17(2)19(21)4/h5-9,14H,10-13,15H2,1-4H3,(H,23,26). The Morgan fingerprint density at radius 2 is 1.70 bits per heavy atom. The molecule has 0 atom stereocenters. The number of carbonyl (C=O) groups excluding carboxylic acids is 1. The van der Waals surface area contributed by atoms with Crippen LogP contribution in [0, 0.1) is 27.7 Å². The smallest absolute Gasteiger partial charge is 0.320 e. The molecule has 0 spiro atoms. The van der Waals surface area contributed by atoms with Gasteiger partial charge in [0.2, 0.25) is 0 Å². The molecule has 3 rings (SSSR count). The van der Waals surface area contributed by atoms with Crippen LogP contribution in [0.1, 0.15) is 22.3 Å². The average Bonchev–Trinajstić information content (AvgIpc) is 2.67. The highest BCUT2D eigenvalue weighted by Crippen LogP contribution is 2.23. The molecule has 2 aromatic rings. The first-order valence-electron chi connectivity index (χ1n) is 9.49. The van der Waals surface area contributed by atoms with Crippen LogP contribution in [0.25, 0.3) is 0 Å². The van der Waals surface area contributed by atoms with Crippen LogP contribution in [0.5, 0.6) is 5.75 Å². The third kappa shape index (κ3) is 4.54. The molecule has 2 amide bonds. The Balaban J connectivity index is 1.47. The molecule has 0 aromatic heterocycles. The Hall–Kier alpha value is -2.69. The summed E-state index contributed by atoms with van der Waals surface area (Å²) in [6, 6.07) is 12.3. The quantitative estimate of drug-likeness (QED) is 0.837. The number of hydrogen-bond donors (Lipinski definition) is 1. The minimum Gasteiger partial charge on any atom is -0.473 e. The van der Waals surface area contributed by atoms with Crippen molar-refractivity contribution in [1.82, 2.24) is 10.2 Å². The monoisotopic (exact) mass is 367 g/mol. The fraction of sp³-hybridized carbons (Fsp3) is 0.409. The van der Waals surface area contributed by atoms with Crippen LogP contribution < -0.4 is 15.0 Å². The molecule has 2 aromatic carbocycles. The minimum absolute atomic E-state index is 0.0700. The van der Waals surface area contributed by atoms with E-state index in [2.05, 4.69) is 56.1 Å². The number of hydrogen-bond acceptors (Lipinski definition) is 3. The molecule has 5 nitrogen and oxygen atoms in total. The first kappa shape index (κ1) is 19.1. The molecule has 1 heterocycles. The molecule has 1 aliphatic rings. The van der Waals surface area contributed by atoms with Crippen LogP contribution in [0.15, 0.2) is 36.4 Å². The Kier molecular flexibility index (Phi) is 5.89. The van der Waals surface area contributed by atoms with Crippen molar-refractivity contribution in [3.8, 4) is 5.75 Å². The number of nitrogens with zero attached hydrogens (tertiary/aromatic N) is 2. The Bertz CT molecular complexity index is 811. The lowest BCUT2D eigenvalue weighted by Crippen LogP contribution is -2.52. The van der Waals surface area contributed by atoms with Crippen LogP contribution in [-0.2, 0) is 0 Å². The zero-order valence-corrected chi connectivity index (χ0v) is 16.7. The van der Waals surface area contributed by atoms with E-state index in [1.807, 2.05) is 23.1 Å². The maximum atomic E-state index is 12.4. The molecule has 1 saturated heterocycles. The molecular formula is C22H29N3O2. The van der Waals surface area contributed by atoms with Gasteiger partial charge in [-0.1, -0.05) is 18.2 Å². The van der Waals surface area contributed by atoms with Gasteiger partial charge in [-0.05, 0) is 68.1 Å². The Morgan fingerprint density at radius 3 is 2.41 bits per heavy atom. The number of urea groups is 1. The number of piperazine rings is 1. The summed E-state index contributed by atoms with van der Waals surface area (Å²) >= 11 is 0. The fourth-order valence-electron chi connectivity index (χ4n) is 3.33. The van der Waals surface area contributed by atoms with Crippen molar-refractivity contribution >= 4 is 11.7 Å². The predicted octanol–water partition coefficient (Wildman–Crippen LogP) is 3.79. The molecule has 1 N–H and O–H groups in total. The minimum atomic E-state index is -0.0700. The molecular weight excluding hydrogens is 338 g/mol. The van der Waals surface area contributed by atoms with Gasteiger partial charge >= 0.3 is 6.03 Å². The maximum Gasteiger partial charge on any atom is 0.320 e. The van der Waals surface area contributed by atoms with E-state index in [0.29, 0.717) is 13.1 Å². The van der Waals surface area contributed by atoms with Crippen molar-refractivity contribution in [2.75, 3.05) is 37.8 Å². The van der Waals surface area contributed by atoms with Gasteiger partial charge in [-0.2, -0.15) is 0 Å². The molecule has 0 radical (unpaired) electrons. The van der Waals surface area contributed by atoms with Gasteiger partial charge in [0.15, 0.2) is 6.73 Å². The number of amides is 2. The number of anilines is 1. The van der Waals surface area contributed by atoms with Gasteiger partial charge in [0, 0.05) is 31.9 Å². The highest BCUT2D eigenvalue weighted by molar-refractivity contribution is 5.74. The van der Waals surface area contributed by atoms with Crippen molar-refractivity contribution in [3.05, 3.63) is 58.7 Å². The van der Waals surface area contributed by atoms with E-state index in [-0.39, 0.29) is 12.8 Å². The number of benzene rings is 2. The van der Waals surface area contributed by atoms with Crippen molar-refractivity contribution in [2.24, 2.45) is 0 Å². The van der Waals surface area contributed by atoms with Crippen LogP contribution >= 0.6 is 0 Å². The van der Waals surface area contributed by atoms with Crippen molar-refractivity contribution < 1.29 is 9.53 Å². The Morgan fingerprint density at radius 1 is 0.963 bits per heavy atom. The average molecular weight is 367 g/mol. The van der Waals surface area contributed by atoms with Crippen LogP contribution in [-0.4, -0.2) is 43.8 Å². The summed E-state index contributed by atoms with van der Waals surface area (Å²) in [6.07, 6.45) is 0. The summed E-state index contributed by atoms with van der Waals surface area (Å²) in [6.45, 7) is 11.7. The molecule has 0 saturated carbocycles. The summed E-state index contributed by atoms with van der Waals surface area (Å²) in [5.41, 5.74) is 6.30. The van der Waals surface area contributed by atoms with Gasteiger partial charge in [0.05, 0.1) is 0 Å². The summed E-state index contributed by atoms with van der Waals surface area (Å²) in [5, 5.41) is 2.86. The van der Waals surface area contributed by atoms with E-state index in [1.54, 1.807) is 0 Å². The second kappa shape index (κ2) is 8.33. The van der Waals surface area contributed by atoms with Crippen LogP contribution in [0.3, 0.4) is 0 Å². The molecule has 5 heteroatoms. The first-order valence-corrected chi connectivity index (χ1v) is 9.49. The van der Waals surface area contributed by atoms with E-state index < -0.39 is 0 Å². The lowest BCUT2D eigenvalue weighted by molar-refractivity contribution is 0.181. The maximum absolute atomic E-state index is 12.4. The lowest BCUT2D eigenvalue weighted by atomic mass is 10.1. The molecule has 0 aliphatic carbocycles. The second-order valence-electron chi connectivity index (χ2n) is 7.21. The molecule has 1 aliphatic heterocycles. The van der Waals surface area contributed by atoms with E-state index in [1.165, 1.54) is 27.9 Å². The van der Waals surface area contributed by atoms with Gasteiger partial charge in [0.25, 0.3) is 0 Å². The Labute approximate surface area is 161 Å². The second-order valence-corrected chi connectivity index (χ2v) is 7.21. The zero-order valence-electron chi connectivity index (χ0n) is 16.7. The van der Waals surface area contributed by atoms with Crippen LogP contribution in [0.4, 0.5) is 10.5 Å². The SMILES string of the molecule is Cc1ccc(OCNC(=O)N2CCN(c3cccc(C)c3C)CC2)cc1C. The van der Waals surface area contributed by atoms with Gasteiger partial charge < -0.3 is 19.9 Å². The van der Waals surface area contributed by atoms with Gasteiger partial charge in [-0.25, -0.2) is 4.79 Å². The van der Waals surface area contributed by atoms with Crippen molar-refractivity contribution in [3.63, 3.8) is 0 Å². The van der Waals surface area contributed by atoms with Crippen molar-refractivity contribution in [2.45, 2.75) is 27.7 Å². The third-order valence-corrected chi connectivity index (χ3v) is 5.42. The zero-order chi connectivity index (χ0) is 19.4. The number of ether oxygens (including phenoxy) is 1. The summed E-state index contributed by atoms with van der Waals surface area (Å²) in [7, 11) is 0. The molecule has 27 heavy (non-hydrogen) atoms. The van der Waals surface area contributed by atoms with Gasteiger partial charge in [-0.15, -0.1) is 0 Å². The van der Waals surface area contributed by atoms with Crippen LogP contribution in [0.2, 0.25) is 0 Å². The summed E-state index contributed by atoms with van der Waals surface area (Å²) < 4.78 is 5.65. The highest BCUT2D eigenvalue weighted by atomic mass is 16.5. The lowest BCUT2D eigenvalue weighted by Gasteiger charge is -2.37. The number of carbonyl (C=O) groups is 1. The number of nitrogens with one attached hydrogen (secondary N) is 1. The highest BCUT2D eigenvalue weighted by Gasteiger charge is 2.22.